The summed E-state index contributed by atoms with van der Waals surface area (Å²) in [6.07, 6.45) is 0. The van der Waals surface area contributed by atoms with E-state index in [0.29, 0.717) is 17.3 Å². The summed E-state index contributed by atoms with van der Waals surface area (Å²) in [6.45, 7) is 6.11. The van der Waals surface area contributed by atoms with Crippen molar-refractivity contribution in [1.82, 2.24) is 9.78 Å². The molecule has 0 saturated carbocycles. The largest absolute Gasteiger partial charge is 0.324 e. The summed E-state index contributed by atoms with van der Waals surface area (Å²) in [5.74, 6) is 0.144. The molecule has 3 aromatic rings. The molecule has 1 aromatic heterocycles. The summed E-state index contributed by atoms with van der Waals surface area (Å²) < 4.78 is 1.19. The molecule has 0 unspecified atom stereocenters. The van der Waals surface area contributed by atoms with Crippen molar-refractivity contribution in [3.8, 4) is 11.3 Å². The molecule has 0 aliphatic rings. The zero-order valence-electron chi connectivity index (χ0n) is 15.8. The van der Waals surface area contributed by atoms with Gasteiger partial charge in [0.15, 0.2) is 0 Å². The van der Waals surface area contributed by atoms with Crippen LogP contribution in [0.25, 0.3) is 11.3 Å². The van der Waals surface area contributed by atoms with Crippen molar-refractivity contribution >= 4 is 11.6 Å². The van der Waals surface area contributed by atoms with Crippen LogP contribution in [0.15, 0.2) is 65.5 Å². The third kappa shape index (κ3) is 4.70. The van der Waals surface area contributed by atoms with E-state index in [0.717, 1.165) is 11.1 Å². The summed E-state index contributed by atoms with van der Waals surface area (Å²) in [4.78, 5) is 24.4. The molecular weight excluding hydrogens is 338 g/mol. The fourth-order valence-corrected chi connectivity index (χ4v) is 2.73. The minimum Gasteiger partial charge on any atom is -0.324 e. The van der Waals surface area contributed by atoms with Gasteiger partial charge in [-0.15, -0.1) is 0 Å². The number of nitrogens with one attached hydrogen (secondary N) is 1. The number of benzene rings is 2. The Morgan fingerprint density at radius 1 is 1.00 bits per heavy atom. The van der Waals surface area contributed by atoms with Gasteiger partial charge in [-0.1, -0.05) is 55.8 Å². The Kier molecular flexibility index (Phi) is 5.50. The van der Waals surface area contributed by atoms with Crippen molar-refractivity contribution in [2.45, 2.75) is 33.2 Å². The Morgan fingerprint density at radius 3 is 2.30 bits per heavy atom. The summed E-state index contributed by atoms with van der Waals surface area (Å²) in [6, 6.07) is 18.7. The van der Waals surface area contributed by atoms with Crippen molar-refractivity contribution < 1.29 is 4.79 Å². The Labute approximate surface area is 158 Å². The van der Waals surface area contributed by atoms with Crippen LogP contribution in [0.5, 0.6) is 0 Å². The molecule has 1 N–H and O–H groups in total. The fraction of sp³-hybridized carbons (Fsp3) is 0.227. The first kappa shape index (κ1) is 18.6. The van der Waals surface area contributed by atoms with Gasteiger partial charge in [-0.2, -0.15) is 5.10 Å². The maximum Gasteiger partial charge on any atom is 0.267 e. The molecule has 1 amide bonds. The van der Waals surface area contributed by atoms with E-state index in [-0.39, 0.29) is 18.0 Å². The van der Waals surface area contributed by atoms with Gasteiger partial charge < -0.3 is 5.32 Å². The lowest BCUT2D eigenvalue weighted by molar-refractivity contribution is -0.117. The SMILES string of the molecule is Cc1ccc(-c2ccc(=O)n(CC(=O)Nc3ccc(C(C)C)cc3)n2)cc1. The molecule has 5 nitrogen and oxygen atoms in total. The number of anilines is 1. The molecule has 0 atom stereocenters. The predicted molar refractivity (Wildman–Crippen MR) is 108 cm³/mol. The van der Waals surface area contributed by atoms with Crippen molar-refractivity contribution in [3.05, 3.63) is 82.1 Å². The number of amides is 1. The molecule has 0 bridgehead atoms. The standard InChI is InChI=1S/C22H23N3O2/c1-15(2)17-8-10-19(11-9-17)23-21(26)14-25-22(27)13-12-20(24-25)18-6-4-16(3)5-7-18/h4-13,15H,14H2,1-3H3,(H,23,26). The molecule has 138 valence electrons. The molecule has 0 spiro atoms. The maximum absolute atomic E-state index is 12.3. The Morgan fingerprint density at radius 2 is 1.67 bits per heavy atom. The van der Waals surface area contributed by atoms with Gasteiger partial charge in [0.1, 0.15) is 6.54 Å². The van der Waals surface area contributed by atoms with E-state index >= 15 is 0 Å². The topological polar surface area (TPSA) is 64.0 Å². The quantitative estimate of drug-likeness (QED) is 0.747. The van der Waals surface area contributed by atoms with Crippen LogP contribution < -0.4 is 10.9 Å². The van der Waals surface area contributed by atoms with Gasteiger partial charge >= 0.3 is 0 Å². The molecule has 27 heavy (non-hydrogen) atoms. The van der Waals surface area contributed by atoms with Gasteiger partial charge in [0.2, 0.25) is 5.91 Å². The predicted octanol–water partition coefficient (Wildman–Crippen LogP) is 3.98. The highest BCUT2D eigenvalue weighted by Gasteiger charge is 2.09. The zero-order chi connectivity index (χ0) is 19.4. The van der Waals surface area contributed by atoms with Crippen LogP contribution in [-0.4, -0.2) is 15.7 Å². The second-order valence-corrected chi connectivity index (χ2v) is 6.91. The second kappa shape index (κ2) is 7.99. The highest BCUT2D eigenvalue weighted by molar-refractivity contribution is 5.90. The van der Waals surface area contributed by atoms with E-state index in [2.05, 4.69) is 24.3 Å². The van der Waals surface area contributed by atoms with Crippen molar-refractivity contribution in [2.24, 2.45) is 0 Å². The fourth-order valence-electron chi connectivity index (χ4n) is 2.73. The van der Waals surface area contributed by atoms with Gasteiger partial charge in [0.25, 0.3) is 5.56 Å². The second-order valence-electron chi connectivity index (χ2n) is 6.91. The average Bonchev–Trinajstić information content (AvgIpc) is 2.64. The van der Waals surface area contributed by atoms with Crippen LogP contribution in [0.4, 0.5) is 5.69 Å². The van der Waals surface area contributed by atoms with E-state index in [1.165, 1.54) is 16.3 Å². The van der Waals surface area contributed by atoms with E-state index in [4.69, 9.17) is 0 Å². The number of rotatable bonds is 5. The zero-order valence-corrected chi connectivity index (χ0v) is 15.8. The molecule has 1 heterocycles. The normalized spacial score (nSPS) is 10.8. The van der Waals surface area contributed by atoms with Crippen LogP contribution in [0.3, 0.4) is 0 Å². The lowest BCUT2D eigenvalue weighted by Gasteiger charge is -2.10. The van der Waals surface area contributed by atoms with E-state index in [1.54, 1.807) is 6.07 Å². The summed E-state index contributed by atoms with van der Waals surface area (Å²) in [7, 11) is 0. The highest BCUT2D eigenvalue weighted by Crippen LogP contribution is 2.17. The van der Waals surface area contributed by atoms with Crippen molar-refractivity contribution in [3.63, 3.8) is 0 Å². The molecule has 5 heteroatoms. The van der Waals surface area contributed by atoms with Gasteiger partial charge in [-0.25, -0.2) is 4.68 Å². The number of carbonyl (C=O) groups excluding carboxylic acids is 1. The first-order valence-corrected chi connectivity index (χ1v) is 8.97. The van der Waals surface area contributed by atoms with Gasteiger partial charge in [0, 0.05) is 17.3 Å². The molecule has 0 fully saturated rings. The summed E-state index contributed by atoms with van der Waals surface area (Å²) in [5.41, 5.74) is 4.30. The van der Waals surface area contributed by atoms with Gasteiger partial charge in [-0.05, 0) is 36.6 Å². The first-order valence-electron chi connectivity index (χ1n) is 8.97. The van der Waals surface area contributed by atoms with Crippen LogP contribution in [0, 0.1) is 6.92 Å². The number of aryl methyl sites for hydroxylation is 1. The first-order chi connectivity index (χ1) is 12.9. The Hall–Kier alpha value is -3.21. The number of hydrogen-bond donors (Lipinski definition) is 1. The van der Waals surface area contributed by atoms with Crippen molar-refractivity contribution in [2.75, 3.05) is 5.32 Å². The lowest BCUT2D eigenvalue weighted by atomic mass is 10.0. The molecule has 2 aromatic carbocycles. The molecule has 3 rings (SSSR count). The summed E-state index contributed by atoms with van der Waals surface area (Å²) >= 11 is 0. The van der Waals surface area contributed by atoms with Gasteiger partial charge in [0.05, 0.1) is 5.69 Å². The molecule has 0 saturated heterocycles. The molecule has 0 aliphatic heterocycles. The average molecular weight is 361 g/mol. The number of nitrogens with zero attached hydrogens (tertiary/aromatic N) is 2. The smallest absolute Gasteiger partial charge is 0.267 e. The maximum atomic E-state index is 12.3. The number of hydrogen-bond acceptors (Lipinski definition) is 3. The molecular formula is C22H23N3O2. The molecule has 0 radical (unpaired) electrons. The number of carbonyl (C=O) groups is 1. The Bertz CT molecular complexity index is 987. The minimum absolute atomic E-state index is 0.134. The number of aromatic nitrogens is 2. The van der Waals surface area contributed by atoms with Crippen LogP contribution >= 0.6 is 0 Å². The third-order valence-corrected chi connectivity index (χ3v) is 4.37. The minimum atomic E-state index is -0.309. The van der Waals surface area contributed by atoms with E-state index < -0.39 is 0 Å². The lowest BCUT2D eigenvalue weighted by Crippen LogP contribution is -2.29. The summed E-state index contributed by atoms with van der Waals surface area (Å²) in [5, 5.41) is 7.15. The van der Waals surface area contributed by atoms with Crippen LogP contribution in [-0.2, 0) is 11.3 Å². The third-order valence-electron chi connectivity index (χ3n) is 4.37. The van der Waals surface area contributed by atoms with Crippen LogP contribution in [0.2, 0.25) is 0 Å². The van der Waals surface area contributed by atoms with E-state index in [9.17, 15) is 9.59 Å². The molecule has 0 aliphatic carbocycles. The van der Waals surface area contributed by atoms with Crippen LogP contribution in [0.1, 0.15) is 30.9 Å². The van der Waals surface area contributed by atoms with Crippen molar-refractivity contribution in [1.29, 1.82) is 0 Å². The highest BCUT2D eigenvalue weighted by atomic mass is 16.2. The van der Waals surface area contributed by atoms with Gasteiger partial charge in [-0.3, -0.25) is 9.59 Å². The monoisotopic (exact) mass is 361 g/mol. The Balaban J connectivity index is 1.74. The van der Waals surface area contributed by atoms with E-state index in [1.807, 2.05) is 55.5 Å².